The Labute approximate surface area is 123 Å². The largest absolute Gasteiger partial charge is 0.363 e. The first-order valence-electron chi connectivity index (χ1n) is 6.97. The van der Waals surface area contributed by atoms with Crippen molar-refractivity contribution in [2.24, 2.45) is 5.73 Å². The normalized spacial score (nSPS) is 12.5. The quantitative estimate of drug-likeness (QED) is 0.769. The molecule has 3 aromatic rings. The molecular weight excluding hydrogens is 262 g/mol. The molecule has 1 aromatic carbocycles. The Balaban J connectivity index is 1.84. The lowest BCUT2D eigenvalue weighted by Crippen LogP contribution is -2.13. The third-order valence-corrected chi connectivity index (χ3v) is 3.48. The summed E-state index contributed by atoms with van der Waals surface area (Å²) in [6, 6.07) is 14.0. The number of imidazole rings is 1. The molecule has 3 rings (SSSR count). The molecule has 21 heavy (non-hydrogen) atoms. The minimum Gasteiger partial charge on any atom is -0.363 e. The van der Waals surface area contributed by atoms with Gasteiger partial charge in [-0.3, -0.25) is 0 Å². The van der Waals surface area contributed by atoms with Crippen molar-refractivity contribution in [3.05, 3.63) is 53.9 Å². The van der Waals surface area contributed by atoms with Gasteiger partial charge in [0.1, 0.15) is 11.6 Å². The Morgan fingerprint density at radius 3 is 2.57 bits per heavy atom. The number of pyridine rings is 1. The van der Waals surface area contributed by atoms with E-state index in [9.17, 15) is 0 Å². The average Bonchev–Trinajstić information content (AvgIpc) is 2.89. The molecular formula is C16H19N5. The summed E-state index contributed by atoms with van der Waals surface area (Å²) in [5, 5.41) is 0. The van der Waals surface area contributed by atoms with Crippen molar-refractivity contribution >= 4 is 17.0 Å². The highest BCUT2D eigenvalue weighted by atomic mass is 15.1. The van der Waals surface area contributed by atoms with Crippen LogP contribution in [0.3, 0.4) is 0 Å². The number of nitrogens with one attached hydrogen (secondary N) is 1. The number of aromatic nitrogens is 3. The second-order valence-corrected chi connectivity index (χ2v) is 5.34. The molecule has 2 heterocycles. The van der Waals surface area contributed by atoms with Crippen LogP contribution in [0.15, 0.2) is 42.5 Å². The van der Waals surface area contributed by atoms with Crippen molar-refractivity contribution in [3.63, 3.8) is 0 Å². The smallest absolute Gasteiger partial charge is 0.179 e. The number of hydrogen-bond donors (Lipinski definition) is 2. The predicted octanol–water partition coefficient (Wildman–Crippen LogP) is 2.27. The lowest BCUT2D eigenvalue weighted by atomic mass is 10.0. The number of anilines is 1. The van der Waals surface area contributed by atoms with Crippen LogP contribution < -0.4 is 10.6 Å². The third kappa shape index (κ3) is 2.87. The number of fused-ring (bicyclic) bond motifs is 1. The Hall–Kier alpha value is -2.40. The molecule has 5 heteroatoms. The second-order valence-electron chi connectivity index (χ2n) is 5.34. The highest BCUT2D eigenvalue weighted by molar-refractivity contribution is 5.73. The van der Waals surface area contributed by atoms with Crippen LogP contribution in [0.1, 0.15) is 17.4 Å². The van der Waals surface area contributed by atoms with Crippen LogP contribution in [-0.2, 0) is 6.42 Å². The Bertz CT molecular complexity index is 733. The van der Waals surface area contributed by atoms with E-state index in [-0.39, 0.29) is 6.04 Å². The molecule has 0 aliphatic heterocycles. The maximum atomic E-state index is 6.24. The molecule has 0 spiro atoms. The minimum atomic E-state index is -0.0694. The van der Waals surface area contributed by atoms with Crippen LogP contribution >= 0.6 is 0 Å². The average molecular weight is 281 g/mol. The van der Waals surface area contributed by atoms with Gasteiger partial charge in [0.05, 0.1) is 5.52 Å². The molecule has 108 valence electrons. The zero-order valence-electron chi connectivity index (χ0n) is 12.2. The summed E-state index contributed by atoms with van der Waals surface area (Å²) in [5.74, 6) is 1.76. The van der Waals surface area contributed by atoms with Crippen molar-refractivity contribution in [1.82, 2.24) is 15.0 Å². The summed E-state index contributed by atoms with van der Waals surface area (Å²) >= 11 is 0. The summed E-state index contributed by atoms with van der Waals surface area (Å²) < 4.78 is 0. The summed E-state index contributed by atoms with van der Waals surface area (Å²) in [6.45, 7) is 0. The molecule has 2 aromatic heterocycles. The maximum Gasteiger partial charge on any atom is 0.179 e. The number of H-pyrrole nitrogens is 1. The SMILES string of the molecule is CN(C)c1ccc2[nH]c(CC(N)c3ccccc3)nc2n1. The van der Waals surface area contributed by atoms with Crippen LogP contribution in [0, 0.1) is 0 Å². The van der Waals surface area contributed by atoms with Gasteiger partial charge in [0.25, 0.3) is 0 Å². The van der Waals surface area contributed by atoms with E-state index in [1.54, 1.807) is 0 Å². The van der Waals surface area contributed by atoms with E-state index in [2.05, 4.69) is 15.0 Å². The van der Waals surface area contributed by atoms with Crippen LogP contribution in [0.5, 0.6) is 0 Å². The number of rotatable bonds is 4. The van der Waals surface area contributed by atoms with Crippen molar-refractivity contribution in [2.75, 3.05) is 19.0 Å². The first-order valence-corrected chi connectivity index (χ1v) is 6.97. The zero-order valence-corrected chi connectivity index (χ0v) is 12.2. The van der Waals surface area contributed by atoms with Gasteiger partial charge in [-0.1, -0.05) is 30.3 Å². The first kappa shape index (κ1) is 13.6. The van der Waals surface area contributed by atoms with E-state index < -0.39 is 0 Å². The summed E-state index contributed by atoms with van der Waals surface area (Å²) in [6.07, 6.45) is 0.664. The molecule has 0 bridgehead atoms. The second kappa shape index (κ2) is 5.54. The van der Waals surface area contributed by atoms with Gasteiger partial charge in [-0.2, -0.15) is 0 Å². The van der Waals surface area contributed by atoms with Crippen LogP contribution in [0.4, 0.5) is 5.82 Å². The Morgan fingerprint density at radius 2 is 1.86 bits per heavy atom. The van der Waals surface area contributed by atoms with Gasteiger partial charge in [-0.25, -0.2) is 9.97 Å². The highest BCUT2D eigenvalue weighted by Gasteiger charge is 2.11. The molecule has 0 amide bonds. The molecule has 0 saturated carbocycles. The van der Waals surface area contributed by atoms with E-state index in [1.165, 1.54) is 0 Å². The molecule has 1 unspecified atom stereocenters. The standard InChI is InChI=1S/C16H19N5/c1-21(2)15-9-8-13-16(20-15)19-14(18-13)10-12(17)11-6-4-3-5-7-11/h3-9,12H,10,17H2,1-2H3,(H,18,19,20). The van der Waals surface area contributed by atoms with Crippen LogP contribution in [0.25, 0.3) is 11.2 Å². The molecule has 0 saturated heterocycles. The lowest BCUT2D eigenvalue weighted by molar-refractivity contribution is 0.696. The lowest BCUT2D eigenvalue weighted by Gasteiger charge is -2.09. The topological polar surface area (TPSA) is 70.8 Å². The molecule has 0 aliphatic carbocycles. The van der Waals surface area contributed by atoms with Crippen molar-refractivity contribution in [2.45, 2.75) is 12.5 Å². The fourth-order valence-electron chi connectivity index (χ4n) is 2.30. The van der Waals surface area contributed by atoms with Gasteiger partial charge < -0.3 is 15.6 Å². The molecule has 3 N–H and O–H groups in total. The van der Waals surface area contributed by atoms with Gasteiger partial charge in [0.15, 0.2) is 5.65 Å². The van der Waals surface area contributed by atoms with Crippen LogP contribution in [0.2, 0.25) is 0 Å². The van der Waals surface area contributed by atoms with E-state index >= 15 is 0 Å². The van der Waals surface area contributed by atoms with E-state index in [1.807, 2.05) is 61.5 Å². The summed E-state index contributed by atoms with van der Waals surface area (Å²) in [7, 11) is 3.93. The third-order valence-electron chi connectivity index (χ3n) is 3.48. The minimum absolute atomic E-state index is 0.0694. The number of benzene rings is 1. The van der Waals surface area contributed by atoms with Crippen molar-refractivity contribution < 1.29 is 0 Å². The zero-order chi connectivity index (χ0) is 14.8. The number of nitrogens with two attached hydrogens (primary N) is 1. The van der Waals surface area contributed by atoms with E-state index in [0.717, 1.165) is 28.4 Å². The van der Waals surface area contributed by atoms with Gasteiger partial charge in [-0.15, -0.1) is 0 Å². The van der Waals surface area contributed by atoms with Crippen LogP contribution in [-0.4, -0.2) is 29.0 Å². The first-order chi connectivity index (χ1) is 10.1. The molecule has 0 fully saturated rings. The van der Waals surface area contributed by atoms with Gasteiger partial charge in [0, 0.05) is 26.6 Å². The van der Waals surface area contributed by atoms with Gasteiger partial charge in [-0.05, 0) is 17.7 Å². The maximum absolute atomic E-state index is 6.24. The molecule has 0 radical (unpaired) electrons. The van der Waals surface area contributed by atoms with E-state index in [4.69, 9.17) is 5.73 Å². The number of nitrogens with zero attached hydrogens (tertiary/aromatic N) is 3. The van der Waals surface area contributed by atoms with E-state index in [0.29, 0.717) is 6.42 Å². The fraction of sp³-hybridized carbons (Fsp3) is 0.250. The molecule has 1 atom stereocenters. The van der Waals surface area contributed by atoms with Crippen molar-refractivity contribution in [1.29, 1.82) is 0 Å². The molecule has 5 nitrogen and oxygen atoms in total. The number of aromatic amines is 1. The number of hydrogen-bond acceptors (Lipinski definition) is 4. The summed E-state index contributed by atoms with van der Waals surface area (Å²) in [4.78, 5) is 14.3. The van der Waals surface area contributed by atoms with Gasteiger partial charge >= 0.3 is 0 Å². The highest BCUT2D eigenvalue weighted by Crippen LogP contribution is 2.18. The monoisotopic (exact) mass is 281 g/mol. The fourth-order valence-corrected chi connectivity index (χ4v) is 2.30. The molecule has 0 aliphatic rings. The van der Waals surface area contributed by atoms with Crippen molar-refractivity contribution in [3.8, 4) is 0 Å². The predicted molar refractivity (Wildman–Crippen MR) is 85.3 cm³/mol. The summed E-state index contributed by atoms with van der Waals surface area (Å²) in [5.41, 5.74) is 9.02. The Kier molecular flexibility index (Phi) is 3.58. The van der Waals surface area contributed by atoms with Gasteiger partial charge in [0.2, 0.25) is 0 Å². The Morgan fingerprint density at radius 1 is 1.10 bits per heavy atom.